The summed E-state index contributed by atoms with van der Waals surface area (Å²) in [5.41, 5.74) is 11.7. The Balaban J connectivity index is 2.35. The summed E-state index contributed by atoms with van der Waals surface area (Å²) in [6, 6.07) is 0. The van der Waals surface area contributed by atoms with Crippen LogP contribution < -0.4 is 16.4 Å². The van der Waals surface area contributed by atoms with Crippen molar-refractivity contribution in [2.45, 2.75) is 6.42 Å². The second kappa shape index (κ2) is 3.93. The number of carbonyl (C=O) groups excluding carboxylic acids is 1. The highest BCUT2D eigenvalue weighted by Gasteiger charge is 2.32. The van der Waals surface area contributed by atoms with E-state index in [1.54, 1.807) is 0 Å². The number of rotatable bonds is 2. The minimum Gasteiger partial charge on any atom is -0.396 e. The van der Waals surface area contributed by atoms with Crippen LogP contribution in [0.5, 0.6) is 0 Å². The molecule has 1 saturated heterocycles. The Kier molecular flexibility index (Phi) is 2.61. The Hall–Kier alpha value is -1.89. The molecule has 1 fully saturated rings. The number of aliphatic hydroxyl groups is 1. The predicted molar refractivity (Wildman–Crippen MR) is 58.4 cm³/mol. The molecule has 0 radical (unpaired) electrons. The van der Waals surface area contributed by atoms with Gasteiger partial charge in [0.2, 0.25) is 5.91 Å². The molecule has 0 saturated carbocycles. The first-order valence-corrected chi connectivity index (χ1v) is 4.90. The summed E-state index contributed by atoms with van der Waals surface area (Å²) in [5.74, 6) is 0.164. The van der Waals surface area contributed by atoms with Crippen molar-refractivity contribution in [3.63, 3.8) is 0 Å². The second-order valence-electron chi connectivity index (χ2n) is 3.75. The summed E-state index contributed by atoms with van der Waals surface area (Å²) >= 11 is 0. The van der Waals surface area contributed by atoms with E-state index in [4.69, 9.17) is 16.6 Å². The van der Waals surface area contributed by atoms with Gasteiger partial charge >= 0.3 is 0 Å². The lowest BCUT2D eigenvalue weighted by molar-refractivity contribution is -0.117. The number of carbonyl (C=O) groups is 1. The molecule has 1 atom stereocenters. The third-order valence-electron chi connectivity index (χ3n) is 2.61. The molecule has 0 spiro atoms. The Morgan fingerprint density at radius 1 is 1.44 bits per heavy atom. The van der Waals surface area contributed by atoms with E-state index in [2.05, 4.69) is 9.97 Å². The molecule has 7 heteroatoms. The summed E-state index contributed by atoms with van der Waals surface area (Å²) in [7, 11) is 0. The highest BCUT2D eigenvalue weighted by atomic mass is 16.3. The summed E-state index contributed by atoms with van der Waals surface area (Å²) < 4.78 is 0. The van der Waals surface area contributed by atoms with Crippen LogP contribution in [0.3, 0.4) is 0 Å². The quantitative estimate of drug-likeness (QED) is 0.591. The number of amides is 1. The van der Waals surface area contributed by atoms with Crippen molar-refractivity contribution in [1.29, 1.82) is 0 Å². The monoisotopic (exact) mass is 223 g/mol. The van der Waals surface area contributed by atoms with Gasteiger partial charge in [0.1, 0.15) is 12.0 Å². The Morgan fingerprint density at radius 2 is 2.06 bits per heavy atom. The van der Waals surface area contributed by atoms with Crippen molar-refractivity contribution in [1.82, 2.24) is 9.97 Å². The zero-order valence-corrected chi connectivity index (χ0v) is 8.63. The average Bonchev–Trinajstić information content (AvgIpc) is 2.60. The lowest BCUT2D eigenvalue weighted by Gasteiger charge is -2.18. The fourth-order valence-corrected chi connectivity index (χ4v) is 1.80. The lowest BCUT2D eigenvalue weighted by atomic mass is 10.1. The molecule has 2 heterocycles. The van der Waals surface area contributed by atoms with Gasteiger partial charge in [0.05, 0.1) is 0 Å². The van der Waals surface area contributed by atoms with Crippen LogP contribution in [0.15, 0.2) is 6.33 Å². The Bertz CT molecular complexity index is 402. The summed E-state index contributed by atoms with van der Waals surface area (Å²) in [6.45, 7) is 0.368. The van der Waals surface area contributed by atoms with Crippen LogP contribution in [0.2, 0.25) is 0 Å². The molecule has 1 aromatic heterocycles. The second-order valence-corrected chi connectivity index (χ2v) is 3.75. The normalized spacial score (nSPS) is 20.4. The average molecular weight is 223 g/mol. The molecule has 0 bridgehead atoms. The van der Waals surface area contributed by atoms with Crippen LogP contribution in [0.1, 0.15) is 6.42 Å². The standard InChI is InChI=1S/C9H13N5O2/c10-8-7(9(11)13-4-12-8)14-2-5(3-15)1-6(14)16/h4-5,15H,1-3H2,(H4,10,11,12,13). The zero-order chi connectivity index (χ0) is 11.7. The van der Waals surface area contributed by atoms with E-state index in [0.717, 1.165) is 0 Å². The van der Waals surface area contributed by atoms with Crippen molar-refractivity contribution in [3.05, 3.63) is 6.33 Å². The van der Waals surface area contributed by atoms with Crippen LogP contribution in [0.4, 0.5) is 17.3 Å². The van der Waals surface area contributed by atoms with Crippen LogP contribution in [0, 0.1) is 5.92 Å². The first-order chi connectivity index (χ1) is 7.63. The molecule has 86 valence electrons. The number of aliphatic hydroxyl groups excluding tert-OH is 1. The van der Waals surface area contributed by atoms with Gasteiger partial charge in [-0.05, 0) is 0 Å². The number of anilines is 3. The number of nitrogens with zero attached hydrogens (tertiary/aromatic N) is 3. The van der Waals surface area contributed by atoms with Crippen molar-refractivity contribution in [3.8, 4) is 0 Å². The maximum absolute atomic E-state index is 11.7. The van der Waals surface area contributed by atoms with E-state index in [1.807, 2.05) is 0 Å². The number of nitrogens with two attached hydrogens (primary N) is 2. The molecule has 1 unspecified atom stereocenters. The molecule has 0 aliphatic carbocycles. The molecular formula is C9H13N5O2. The topological polar surface area (TPSA) is 118 Å². The van der Waals surface area contributed by atoms with Gasteiger partial charge in [-0.2, -0.15) is 0 Å². The van der Waals surface area contributed by atoms with Gasteiger partial charge in [-0.1, -0.05) is 0 Å². The highest BCUT2D eigenvalue weighted by molar-refractivity contribution is 6.00. The van der Waals surface area contributed by atoms with Crippen molar-refractivity contribution in [2.75, 3.05) is 29.5 Å². The molecule has 0 aromatic carbocycles. The lowest BCUT2D eigenvalue weighted by Crippen LogP contribution is -2.27. The van der Waals surface area contributed by atoms with Gasteiger partial charge in [-0.3, -0.25) is 4.79 Å². The molecule has 1 aliphatic rings. The first-order valence-electron chi connectivity index (χ1n) is 4.90. The first kappa shape index (κ1) is 10.6. The molecular weight excluding hydrogens is 210 g/mol. The van der Waals surface area contributed by atoms with Gasteiger partial charge in [-0.25, -0.2) is 9.97 Å². The summed E-state index contributed by atoms with van der Waals surface area (Å²) in [6.07, 6.45) is 1.54. The Labute approximate surface area is 92.1 Å². The number of nitrogen functional groups attached to an aromatic ring is 2. The third-order valence-corrected chi connectivity index (χ3v) is 2.61. The summed E-state index contributed by atoms with van der Waals surface area (Å²) in [5, 5.41) is 9.01. The van der Waals surface area contributed by atoms with Crippen molar-refractivity contribution < 1.29 is 9.90 Å². The van der Waals surface area contributed by atoms with E-state index < -0.39 is 0 Å². The molecule has 2 rings (SSSR count). The number of hydrogen-bond donors (Lipinski definition) is 3. The van der Waals surface area contributed by atoms with Gasteiger partial charge in [0.15, 0.2) is 11.6 Å². The molecule has 1 amide bonds. The van der Waals surface area contributed by atoms with Crippen molar-refractivity contribution in [2.24, 2.45) is 5.92 Å². The zero-order valence-electron chi connectivity index (χ0n) is 8.63. The Morgan fingerprint density at radius 3 is 2.56 bits per heavy atom. The molecule has 16 heavy (non-hydrogen) atoms. The van der Waals surface area contributed by atoms with E-state index in [-0.39, 0.29) is 30.1 Å². The third kappa shape index (κ3) is 1.65. The van der Waals surface area contributed by atoms with Gasteiger partial charge in [0.25, 0.3) is 0 Å². The number of aromatic nitrogens is 2. The highest BCUT2D eigenvalue weighted by Crippen LogP contribution is 2.31. The minimum atomic E-state index is -0.118. The van der Waals surface area contributed by atoms with Crippen LogP contribution in [-0.2, 0) is 4.79 Å². The van der Waals surface area contributed by atoms with E-state index in [0.29, 0.717) is 18.7 Å². The number of hydrogen-bond acceptors (Lipinski definition) is 6. The van der Waals surface area contributed by atoms with Crippen LogP contribution in [-0.4, -0.2) is 34.1 Å². The smallest absolute Gasteiger partial charge is 0.227 e. The largest absolute Gasteiger partial charge is 0.396 e. The molecule has 7 nitrogen and oxygen atoms in total. The van der Waals surface area contributed by atoms with Crippen LogP contribution >= 0.6 is 0 Å². The van der Waals surface area contributed by atoms with E-state index in [9.17, 15) is 4.79 Å². The van der Waals surface area contributed by atoms with Crippen molar-refractivity contribution >= 4 is 23.2 Å². The maximum atomic E-state index is 11.7. The predicted octanol–water partition coefficient (Wildman–Crippen LogP) is -1.01. The molecule has 1 aromatic rings. The van der Waals surface area contributed by atoms with Gasteiger partial charge in [0, 0.05) is 25.5 Å². The molecule has 1 aliphatic heterocycles. The summed E-state index contributed by atoms with van der Waals surface area (Å²) in [4.78, 5) is 20.7. The van der Waals surface area contributed by atoms with E-state index >= 15 is 0 Å². The van der Waals surface area contributed by atoms with Gasteiger partial charge < -0.3 is 21.5 Å². The SMILES string of the molecule is Nc1ncnc(N)c1N1CC(CO)CC1=O. The van der Waals surface area contributed by atoms with Crippen LogP contribution in [0.25, 0.3) is 0 Å². The fraction of sp³-hybridized carbons (Fsp3) is 0.444. The molecule has 5 N–H and O–H groups in total. The maximum Gasteiger partial charge on any atom is 0.227 e. The fourth-order valence-electron chi connectivity index (χ4n) is 1.80. The minimum absolute atomic E-state index is 0.0320. The van der Waals surface area contributed by atoms with Gasteiger partial charge in [-0.15, -0.1) is 0 Å². The van der Waals surface area contributed by atoms with E-state index in [1.165, 1.54) is 11.2 Å².